The van der Waals surface area contributed by atoms with Gasteiger partial charge >= 0.3 is 5.97 Å². The molecule has 0 saturated carbocycles. The third-order valence-electron chi connectivity index (χ3n) is 3.60. The molecule has 0 spiro atoms. The number of carboxylic acid groups (broad SMARTS) is 1. The fourth-order valence-corrected chi connectivity index (χ4v) is 3.20. The molecule has 0 aliphatic carbocycles. The molecule has 1 aliphatic heterocycles. The molecule has 0 atom stereocenters. The third kappa shape index (κ3) is 2.34. The number of benzene rings is 1. The lowest BCUT2D eigenvalue weighted by molar-refractivity contribution is -0.136. The van der Waals surface area contributed by atoms with Gasteiger partial charge in [-0.15, -0.1) is 0 Å². The van der Waals surface area contributed by atoms with Gasteiger partial charge in [0, 0.05) is 10.0 Å². The molecule has 1 aliphatic rings. The van der Waals surface area contributed by atoms with Crippen LogP contribution in [-0.4, -0.2) is 35.4 Å². The Balaban J connectivity index is 1.98. The van der Waals surface area contributed by atoms with E-state index in [1.54, 1.807) is 11.0 Å². The summed E-state index contributed by atoms with van der Waals surface area (Å²) in [5, 5.41) is 13.7. The van der Waals surface area contributed by atoms with Crippen LogP contribution in [0.25, 0.3) is 17.1 Å². The second kappa shape index (κ2) is 5.17. The summed E-state index contributed by atoms with van der Waals surface area (Å²) in [5.41, 5.74) is 2.48. The Labute approximate surface area is 143 Å². The Morgan fingerprint density at radius 3 is 3.04 bits per heavy atom. The number of aromatic nitrogens is 5. The number of carboxylic acids is 1. The van der Waals surface area contributed by atoms with Gasteiger partial charge in [0.2, 0.25) is 0 Å². The van der Waals surface area contributed by atoms with Crippen molar-refractivity contribution < 1.29 is 9.90 Å². The molecule has 0 fully saturated rings. The van der Waals surface area contributed by atoms with E-state index >= 15 is 0 Å². The summed E-state index contributed by atoms with van der Waals surface area (Å²) in [6, 6.07) is 5.77. The molecule has 23 heavy (non-hydrogen) atoms. The van der Waals surface area contributed by atoms with Crippen LogP contribution in [0.3, 0.4) is 0 Å². The van der Waals surface area contributed by atoms with Crippen LogP contribution in [0.15, 0.2) is 29.0 Å². The minimum Gasteiger partial charge on any atom is -0.481 e. The Morgan fingerprint density at radius 1 is 1.43 bits per heavy atom. The molecule has 1 N–H and O–H groups in total. The topological polar surface area (TPSA) is 85.8 Å². The molecule has 3 aromatic rings. The maximum absolute atomic E-state index is 10.9. The van der Waals surface area contributed by atoms with Gasteiger partial charge < -0.3 is 5.11 Å². The number of nitrogens with zero attached hydrogens (tertiary/aromatic N) is 5. The number of halogens is 2. The molecule has 0 unspecified atom stereocenters. The van der Waals surface area contributed by atoms with E-state index in [0.717, 1.165) is 21.4 Å². The average molecular weight is 395 g/mol. The van der Waals surface area contributed by atoms with Crippen LogP contribution in [0.4, 0.5) is 0 Å². The van der Waals surface area contributed by atoms with E-state index < -0.39 is 5.97 Å². The molecule has 0 radical (unpaired) electrons. The largest absolute Gasteiger partial charge is 0.481 e. The Hall–Kier alpha value is -2.19. The predicted molar refractivity (Wildman–Crippen MR) is 85.7 cm³/mol. The molecule has 0 saturated heterocycles. The Bertz CT molecular complexity index is 949. The van der Waals surface area contributed by atoms with Crippen molar-refractivity contribution >= 4 is 33.5 Å². The van der Waals surface area contributed by atoms with Crippen molar-refractivity contribution in [3.8, 4) is 17.1 Å². The van der Waals surface area contributed by atoms with Crippen molar-refractivity contribution in [2.75, 3.05) is 0 Å². The van der Waals surface area contributed by atoms with E-state index in [1.807, 2.05) is 22.8 Å². The summed E-state index contributed by atoms with van der Waals surface area (Å²) < 4.78 is 4.45. The van der Waals surface area contributed by atoms with E-state index in [0.29, 0.717) is 17.5 Å². The fourth-order valence-electron chi connectivity index (χ4n) is 2.65. The minimum absolute atomic E-state index is 0.226. The van der Waals surface area contributed by atoms with Crippen LogP contribution < -0.4 is 0 Å². The van der Waals surface area contributed by atoms with Crippen molar-refractivity contribution in [3.63, 3.8) is 0 Å². The highest BCUT2D eigenvalue weighted by Gasteiger charge is 2.25. The van der Waals surface area contributed by atoms with Gasteiger partial charge in [0.25, 0.3) is 0 Å². The van der Waals surface area contributed by atoms with Gasteiger partial charge in [-0.1, -0.05) is 27.5 Å². The second-order valence-electron chi connectivity index (χ2n) is 5.09. The summed E-state index contributed by atoms with van der Waals surface area (Å²) in [6.45, 7) is 0.368. The van der Waals surface area contributed by atoms with Crippen LogP contribution in [0.1, 0.15) is 11.5 Å². The van der Waals surface area contributed by atoms with E-state index in [2.05, 4.69) is 31.0 Å². The third-order valence-corrected chi connectivity index (χ3v) is 4.41. The quantitative estimate of drug-likeness (QED) is 0.565. The van der Waals surface area contributed by atoms with Crippen molar-refractivity contribution in [2.45, 2.75) is 13.0 Å². The number of aliphatic carboxylic acids is 1. The normalized spacial score (nSPS) is 12.3. The first-order valence-electron chi connectivity index (χ1n) is 6.70. The first kappa shape index (κ1) is 14.4. The van der Waals surface area contributed by atoms with Crippen molar-refractivity contribution in [2.24, 2.45) is 0 Å². The highest BCUT2D eigenvalue weighted by atomic mass is 79.9. The minimum atomic E-state index is -0.969. The maximum atomic E-state index is 10.9. The number of hydrogen-bond acceptors (Lipinski definition) is 4. The zero-order chi connectivity index (χ0) is 16.1. The molecule has 4 rings (SSSR count). The Kier molecular flexibility index (Phi) is 3.24. The number of fused-ring (bicyclic) bond motifs is 5. The number of imidazole rings is 1. The van der Waals surface area contributed by atoms with Crippen LogP contribution in [0.2, 0.25) is 5.15 Å². The van der Waals surface area contributed by atoms with Crippen molar-refractivity contribution in [1.29, 1.82) is 0 Å². The molecular weight excluding hydrogens is 386 g/mol. The van der Waals surface area contributed by atoms with Crippen LogP contribution >= 0.6 is 27.5 Å². The lowest BCUT2D eigenvalue weighted by Gasteiger charge is -2.08. The molecule has 0 amide bonds. The average Bonchev–Trinajstić information content (AvgIpc) is 3.01. The zero-order valence-corrected chi connectivity index (χ0v) is 13.9. The van der Waals surface area contributed by atoms with Crippen LogP contribution in [0.5, 0.6) is 0 Å². The summed E-state index contributed by atoms with van der Waals surface area (Å²) in [6.07, 6.45) is 1.44. The molecule has 9 heteroatoms. The molecule has 116 valence electrons. The molecule has 2 aromatic heterocycles. The van der Waals surface area contributed by atoms with Gasteiger partial charge in [0.15, 0.2) is 16.8 Å². The molecule has 1 aromatic carbocycles. The lowest BCUT2D eigenvalue weighted by atomic mass is 10.1. The lowest BCUT2D eigenvalue weighted by Crippen LogP contribution is -2.07. The van der Waals surface area contributed by atoms with Crippen LogP contribution in [-0.2, 0) is 17.8 Å². The summed E-state index contributed by atoms with van der Waals surface area (Å²) >= 11 is 9.65. The molecule has 3 heterocycles. The van der Waals surface area contributed by atoms with E-state index in [9.17, 15) is 4.79 Å². The highest BCUT2D eigenvalue weighted by Crippen LogP contribution is 2.34. The molecular formula is C14H9BrClN5O2. The predicted octanol–water partition coefficient (Wildman–Crippen LogP) is 2.54. The standard InChI is InChI=1S/C14H9BrClN5O2/c15-7-1-2-9-8(3-7)14-18-11(4-12(22)23)19-21(14)5-10-13(16)17-6-20(9)10/h1-3,6H,4-5H2,(H,22,23). The van der Waals surface area contributed by atoms with Crippen molar-refractivity contribution in [1.82, 2.24) is 24.3 Å². The molecule has 7 nitrogen and oxygen atoms in total. The SMILES string of the molecule is O=C(O)Cc1nc2n(n1)Cc1c(Cl)ncn1-c1ccc(Br)cc1-2. The first-order chi connectivity index (χ1) is 11.0. The van der Waals surface area contributed by atoms with Gasteiger partial charge in [-0.2, -0.15) is 5.10 Å². The first-order valence-corrected chi connectivity index (χ1v) is 7.87. The van der Waals surface area contributed by atoms with Gasteiger partial charge in [-0.3, -0.25) is 9.36 Å². The summed E-state index contributed by atoms with van der Waals surface area (Å²) in [5.74, 6) is -0.0943. The smallest absolute Gasteiger partial charge is 0.311 e. The zero-order valence-electron chi connectivity index (χ0n) is 11.6. The highest BCUT2D eigenvalue weighted by molar-refractivity contribution is 9.10. The Morgan fingerprint density at radius 2 is 2.26 bits per heavy atom. The van der Waals surface area contributed by atoms with E-state index in [4.69, 9.17) is 16.7 Å². The summed E-state index contributed by atoms with van der Waals surface area (Å²) in [4.78, 5) is 19.5. The van der Waals surface area contributed by atoms with E-state index in [1.165, 1.54) is 0 Å². The second-order valence-corrected chi connectivity index (χ2v) is 6.37. The van der Waals surface area contributed by atoms with Crippen molar-refractivity contribution in [3.05, 3.63) is 45.7 Å². The van der Waals surface area contributed by atoms with E-state index in [-0.39, 0.29) is 12.2 Å². The number of hydrogen-bond donors (Lipinski definition) is 1. The monoisotopic (exact) mass is 393 g/mol. The van der Waals surface area contributed by atoms with Gasteiger partial charge in [0.1, 0.15) is 12.7 Å². The summed E-state index contributed by atoms with van der Waals surface area (Å²) in [7, 11) is 0. The molecule has 0 bridgehead atoms. The fraction of sp³-hybridized carbons (Fsp3) is 0.143. The number of rotatable bonds is 2. The van der Waals surface area contributed by atoms with Crippen LogP contribution in [0, 0.1) is 0 Å². The number of carbonyl (C=O) groups is 1. The maximum Gasteiger partial charge on any atom is 0.311 e. The van der Waals surface area contributed by atoms with Gasteiger partial charge in [-0.25, -0.2) is 14.6 Å². The van der Waals surface area contributed by atoms with Gasteiger partial charge in [-0.05, 0) is 18.2 Å². The van der Waals surface area contributed by atoms with Gasteiger partial charge in [0.05, 0.1) is 17.9 Å².